The number of aliphatic hydroxyl groups is 1. The second-order valence-corrected chi connectivity index (χ2v) is 7.77. The second-order valence-electron chi connectivity index (χ2n) is 6.92. The van der Waals surface area contributed by atoms with Gasteiger partial charge in [0.25, 0.3) is 0 Å². The Morgan fingerprint density at radius 2 is 1.96 bits per heavy atom. The van der Waals surface area contributed by atoms with E-state index >= 15 is 0 Å². The first kappa shape index (κ1) is 20.9. The Labute approximate surface area is 171 Å². The van der Waals surface area contributed by atoms with Gasteiger partial charge in [0.2, 0.25) is 5.91 Å². The molecule has 2 atom stereocenters. The molecular weight excluding hydrogens is 372 g/mol. The lowest BCUT2D eigenvalue weighted by Gasteiger charge is -2.38. The third-order valence-corrected chi connectivity index (χ3v) is 5.86. The van der Waals surface area contributed by atoms with Crippen molar-refractivity contribution in [2.45, 2.75) is 23.5 Å². The summed E-state index contributed by atoms with van der Waals surface area (Å²) in [7, 11) is 1.55. The summed E-state index contributed by atoms with van der Waals surface area (Å²) in [6.45, 7) is 1.46. The van der Waals surface area contributed by atoms with Crippen LogP contribution in [-0.2, 0) is 16.0 Å². The van der Waals surface area contributed by atoms with Crippen LogP contribution >= 0.6 is 11.8 Å². The van der Waals surface area contributed by atoms with E-state index in [0.717, 1.165) is 12.0 Å². The molecule has 0 fully saturated rings. The molecule has 28 heavy (non-hydrogen) atoms. The number of rotatable bonds is 8. The fourth-order valence-corrected chi connectivity index (χ4v) is 4.39. The van der Waals surface area contributed by atoms with Crippen LogP contribution in [0.4, 0.5) is 0 Å². The van der Waals surface area contributed by atoms with Gasteiger partial charge in [0, 0.05) is 25.1 Å². The molecule has 0 bridgehead atoms. The number of fused-ring (bicyclic) bond motifs is 1. The lowest BCUT2D eigenvalue weighted by Crippen LogP contribution is -2.45. The zero-order valence-corrected chi connectivity index (χ0v) is 17.2. The Hall–Kier alpha value is -1.86. The Kier molecular flexibility index (Phi) is 7.50. The summed E-state index contributed by atoms with van der Waals surface area (Å²) in [6.07, 6.45) is 2.30. The number of aliphatic hydroxyl groups excluding tert-OH is 1. The molecule has 0 aromatic heterocycles. The molecule has 2 N–H and O–H groups in total. The fraction of sp³-hybridized carbons (Fsp3) is 0.409. The average molecular weight is 401 g/mol. The van der Waals surface area contributed by atoms with Crippen LogP contribution in [-0.4, -0.2) is 61.6 Å². The monoisotopic (exact) mass is 400 g/mol. The van der Waals surface area contributed by atoms with E-state index in [4.69, 9.17) is 4.74 Å². The molecule has 0 aliphatic carbocycles. The third kappa shape index (κ3) is 4.75. The SMILES string of the molecule is COCC(O)CNCC(=O)N1CCc2ccccc2C1c1ccccc1SC. The summed E-state index contributed by atoms with van der Waals surface area (Å²) in [5.41, 5.74) is 3.66. The summed E-state index contributed by atoms with van der Waals surface area (Å²) in [4.78, 5) is 16.2. The van der Waals surface area contributed by atoms with Crippen LogP contribution in [0.15, 0.2) is 53.4 Å². The molecule has 5 nitrogen and oxygen atoms in total. The highest BCUT2D eigenvalue weighted by molar-refractivity contribution is 7.98. The van der Waals surface area contributed by atoms with Gasteiger partial charge in [-0.1, -0.05) is 42.5 Å². The number of nitrogens with one attached hydrogen (secondary N) is 1. The van der Waals surface area contributed by atoms with E-state index in [1.165, 1.54) is 16.0 Å². The van der Waals surface area contributed by atoms with Crippen molar-refractivity contribution >= 4 is 17.7 Å². The first-order valence-corrected chi connectivity index (χ1v) is 10.8. The summed E-state index contributed by atoms with van der Waals surface area (Å²) < 4.78 is 4.93. The van der Waals surface area contributed by atoms with E-state index in [9.17, 15) is 9.90 Å². The maximum Gasteiger partial charge on any atom is 0.237 e. The zero-order chi connectivity index (χ0) is 19.9. The number of amides is 1. The van der Waals surface area contributed by atoms with Crippen LogP contribution in [0.2, 0.25) is 0 Å². The number of ether oxygens (including phenoxy) is 1. The summed E-state index contributed by atoms with van der Waals surface area (Å²) >= 11 is 1.70. The number of hydrogen-bond acceptors (Lipinski definition) is 5. The van der Waals surface area contributed by atoms with Gasteiger partial charge in [-0.3, -0.25) is 4.79 Å². The molecule has 0 spiro atoms. The number of carbonyl (C=O) groups is 1. The molecule has 0 saturated carbocycles. The maximum absolute atomic E-state index is 13.1. The van der Waals surface area contributed by atoms with Crippen molar-refractivity contribution < 1.29 is 14.6 Å². The quantitative estimate of drug-likeness (QED) is 0.667. The molecule has 2 aromatic carbocycles. The molecule has 2 aromatic rings. The molecule has 0 radical (unpaired) electrons. The molecule has 150 valence electrons. The van der Waals surface area contributed by atoms with Crippen molar-refractivity contribution in [2.24, 2.45) is 0 Å². The number of hydrogen-bond donors (Lipinski definition) is 2. The van der Waals surface area contributed by atoms with E-state index < -0.39 is 6.10 Å². The molecule has 1 aliphatic heterocycles. The van der Waals surface area contributed by atoms with Gasteiger partial charge in [-0.25, -0.2) is 0 Å². The van der Waals surface area contributed by atoms with Crippen molar-refractivity contribution in [1.29, 1.82) is 0 Å². The second kappa shape index (κ2) is 10.1. The Morgan fingerprint density at radius 3 is 2.71 bits per heavy atom. The molecule has 1 aliphatic rings. The number of methoxy groups -OCH3 is 1. The minimum Gasteiger partial charge on any atom is -0.389 e. The van der Waals surface area contributed by atoms with Gasteiger partial charge < -0.3 is 20.1 Å². The van der Waals surface area contributed by atoms with Crippen molar-refractivity contribution in [3.05, 3.63) is 65.2 Å². The summed E-state index contributed by atoms with van der Waals surface area (Å²) in [6, 6.07) is 16.6. The molecule has 3 rings (SSSR count). The van der Waals surface area contributed by atoms with Gasteiger partial charge in [0.15, 0.2) is 0 Å². The van der Waals surface area contributed by atoms with E-state index in [1.54, 1.807) is 18.9 Å². The highest BCUT2D eigenvalue weighted by Crippen LogP contribution is 2.38. The number of benzene rings is 2. The van der Waals surface area contributed by atoms with Gasteiger partial charge in [-0.05, 0) is 35.4 Å². The van der Waals surface area contributed by atoms with Crippen molar-refractivity contribution in [2.75, 3.05) is 39.6 Å². The third-order valence-electron chi connectivity index (χ3n) is 5.05. The Balaban J connectivity index is 1.84. The Morgan fingerprint density at radius 1 is 1.25 bits per heavy atom. The first-order chi connectivity index (χ1) is 13.7. The van der Waals surface area contributed by atoms with E-state index in [0.29, 0.717) is 13.1 Å². The Bertz CT molecular complexity index is 799. The van der Waals surface area contributed by atoms with Crippen molar-refractivity contribution in [3.8, 4) is 0 Å². The van der Waals surface area contributed by atoms with Crippen LogP contribution in [0.25, 0.3) is 0 Å². The summed E-state index contributed by atoms with van der Waals surface area (Å²) in [5, 5.41) is 12.9. The lowest BCUT2D eigenvalue weighted by molar-refractivity contribution is -0.132. The minimum atomic E-state index is -0.618. The van der Waals surface area contributed by atoms with Crippen molar-refractivity contribution in [3.63, 3.8) is 0 Å². The average Bonchev–Trinajstić information content (AvgIpc) is 2.73. The van der Waals surface area contributed by atoms with E-state index in [2.05, 4.69) is 41.9 Å². The minimum absolute atomic E-state index is 0.0417. The van der Waals surface area contributed by atoms with Crippen LogP contribution in [0.3, 0.4) is 0 Å². The molecule has 0 saturated heterocycles. The van der Waals surface area contributed by atoms with Gasteiger partial charge in [-0.2, -0.15) is 0 Å². The predicted molar refractivity (Wildman–Crippen MR) is 113 cm³/mol. The number of nitrogens with zero attached hydrogens (tertiary/aromatic N) is 1. The fourth-order valence-electron chi connectivity index (χ4n) is 3.76. The molecule has 2 unspecified atom stereocenters. The molecule has 6 heteroatoms. The smallest absolute Gasteiger partial charge is 0.237 e. The lowest BCUT2D eigenvalue weighted by atomic mass is 9.88. The summed E-state index contributed by atoms with van der Waals surface area (Å²) in [5.74, 6) is 0.0417. The van der Waals surface area contributed by atoms with Crippen LogP contribution in [0.5, 0.6) is 0 Å². The van der Waals surface area contributed by atoms with Crippen LogP contribution < -0.4 is 5.32 Å². The standard InChI is InChI=1S/C22H28N2O3S/c1-27-15-17(25)13-23-14-21(26)24-12-11-16-7-3-4-8-18(16)22(24)19-9-5-6-10-20(19)28-2/h3-10,17,22-23,25H,11-15H2,1-2H3. The van der Waals surface area contributed by atoms with Gasteiger partial charge in [0.05, 0.1) is 25.3 Å². The van der Waals surface area contributed by atoms with Crippen molar-refractivity contribution in [1.82, 2.24) is 10.2 Å². The van der Waals surface area contributed by atoms with Crippen LogP contribution in [0, 0.1) is 0 Å². The first-order valence-electron chi connectivity index (χ1n) is 9.53. The maximum atomic E-state index is 13.1. The number of thioether (sulfide) groups is 1. The van der Waals surface area contributed by atoms with Gasteiger partial charge >= 0.3 is 0 Å². The highest BCUT2D eigenvalue weighted by atomic mass is 32.2. The van der Waals surface area contributed by atoms with Crippen LogP contribution in [0.1, 0.15) is 22.7 Å². The molecule has 1 heterocycles. The number of carbonyl (C=O) groups excluding carboxylic acids is 1. The predicted octanol–water partition coefficient (Wildman–Crippen LogP) is 2.48. The largest absolute Gasteiger partial charge is 0.389 e. The topological polar surface area (TPSA) is 61.8 Å². The van der Waals surface area contributed by atoms with E-state index in [1.807, 2.05) is 23.1 Å². The van der Waals surface area contributed by atoms with Gasteiger partial charge in [-0.15, -0.1) is 11.8 Å². The van der Waals surface area contributed by atoms with Gasteiger partial charge in [0.1, 0.15) is 0 Å². The van der Waals surface area contributed by atoms with E-state index in [-0.39, 0.29) is 25.1 Å². The molecular formula is C22H28N2O3S. The normalized spacial score (nSPS) is 17.2. The molecule has 1 amide bonds. The zero-order valence-electron chi connectivity index (χ0n) is 16.4. The highest BCUT2D eigenvalue weighted by Gasteiger charge is 2.32.